The number of fused-ring (bicyclic) bond motifs is 1. The lowest BCUT2D eigenvalue weighted by atomic mass is 10.1. The number of halogens is 1. The maximum absolute atomic E-state index is 14.5. The minimum Gasteiger partial charge on any atom is -0.477 e. The number of aromatic amines is 1. The van der Waals surface area contributed by atoms with Crippen LogP contribution in [0, 0.1) is 17.1 Å². The van der Waals surface area contributed by atoms with E-state index in [0.29, 0.717) is 20.4 Å². The molecule has 0 spiro atoms. The minimum atomic E-state index is -1.38. The summed E-state index contributed by atoms with van der Waals surface area (Å²) < 4.78 is 15.0. The van der Waals surface area contributed by atoms with E-state index < -0.39 is 22.8 Å². The summed E-state index contributed by atoms with van der Waals surface area (Å²) in [5.41, 5.74) is 0.443. The second kappa shape index (κ2) is 7.46. The number of carboxylic acids is 1. The molecule has 0 atom stereocenters. The van der Waals surface area contributed by atoms with Crippen LogP contribution in [0.3, 0.4) is 0 Å². The molecule has 29 heavy (non-hydrogen) atoms. The predicted molar refractivity (Wildman–Crippen MR) is 106 cm³/mol. The van der Waals surface area contributed by atoms with Gasteiger partial charge in [0.1, 0.15) is 16.4 Å². The Morgan fingerprint density at radius 2 is 2.00 bits per heavy atom. The maximum Gasteiger partial charge on any atom is 0.341 e. The lowest BCUT2D eigenvalue weighted by Crippen LogP contribution is -2.15. The van der Waals surface area contributed by atoms with Crippen LogP contribution in [0.5, 0.6) is 0 Å². The van der Waals surface area contributed by atoms with E-state index >= 15 is 0 Å². The Morgan fingerprint density at radius 1 is 1.24 bits per heavy atom. The number of hydrogen-bond donors (Lipinski definition) is 2. The third kappa shape index (κ3) is 3.61. The monoisotopic (exact) mass is 424 g/mol. The predicted octanol–water partition coefficient (Wildman–Crippen LogP) is 3.91. The van der Waals surface area contributed by atoms with E-state index in [1.54, 1.807) is 24.3 Å². The zero-order chi connectivity index (χ0) is 20.5. The van der Waals surface area contributed by atoms with Gasteiger partial charge in [0.2, 0.25) is 5.43 Å². The van der Waals surface area contributed by atoms with Crippen LogP contribution in [0.25, 0.3) is 21.5 Å². The van der Waals surface area contributed by atoms with Crippen LogP contribution < -0.4 is 5.43 Å². The summed E-state index contributed by atoms with van der Waals surface area (Å²) in [6, 6.07) is 11.4. The van der Waals surface area contributed by atoms with Crippen molar-refractivity contribution >= 4 is 40.0 Å². The number of pyridine rings is 1. The molecule has 0 saturated heterocycles. The molecule has 2 aromatic carbocycles. The molecule has 0 amide bonds. The van der Waals surface area contributed by atoms with Crippen molar-refractivity contribution < 1.29 is 14.3 Å². The molecule has 0 saturated carbocycles. The molecule has 0 radical (unpaired) electrons. The Morgan fingerprint density at radius 3 is 2.69 bits per heavy atom. The molecule has 2 aromatic heterocycles. The summed E-state index contributed by atoms with van der Waals surface area (Å²) in [6.45, 7) is 0. The highest BCUT2D eigenvalue weighted by molar-refractivity contribution is 8.01. The van der Waals surface area contributed by atoms with Gasteiger partial charge in [-0.3, -0.25) is 4.79 Å². The van der Waals surface area contributed by atoms with E-state index in [4.69, 9.17) is 10.4 Å². The van der Waals surface area contributed by atoms with Crippen LogP contribution in [-0.2, 0) is 0 Å². The highest BCUT2D eigenvalue weighted by Gasteiger charge is 2.16. The molecule has 0 unspecified atom stereocenters. The third-order valence-corrected chi connectivity index (χ3v) is 6.08. The highest BCUT2D eigenvalue weighted by atomic mass is 32.2. The van der Waals surface area contributed by atoms with Crippen molar-refractivity contribution in [2.24, 2.45) is 0 Å². The lowest BCUT2D eigenvalue weighted by Gasteiger charge is -2.04. The minimum absolute atomic E-state index is 0.0396. The number of aromatic nitrogens is 3. The van der Waals surface area contributed by atoms with E-state index in [1.165, 1.54) is 17.4 Å². The van der Waals surface area contributed by atoms with Gasteiger partial charge < -0.3 is 10.1 Å². The van der Waals surface area contributed by atoms with E-state index in [-0.39, 0.29) is 10.3 Å². The molecule has 10 heteroatoms. The van der Waals surface area contributed by atoms with Crippen molar-refractivity contribution in [1.82, 2.24) is 15.2 Å². The van der Waals surface area contributed by atoms with Crippen molar-refractivity contribution in [3.63, 3.8) is 0 Å². The van der Waals surface area contributed by atoms with E-state index in [9.17, 15) is 14.0 Å². The Kier molecular flexibility index (Phi) is 4.84. The van der Waals surface area contributed by atoms with Crippen LogP contribution in [0.15, 0.2) is 56.6 Å². The number of hydrogen-bond acceptors (Lipinski definition) is 7. The number of rotatable bonds is 4. The topological polar surface area (TPSA) is 120 Å². The third-order valence-electron chi connectivity index (χ3n) is 4.03. The Labute approximate surface area is 170 Å². The Hall–Kier alpha value is -3.55. The first-order valence-corrected chi connectivity index (χ1v) is 9.69. The second-order valence-electron chi connectivity index (χ2n) is 5.83. The van der Waals surface area contributed by atoms with Gasteiger partial charge in [0.15, 0.2) is 4.34 Å². The summed E-state index contributed by atoms with van der Waals surface area (Å²) in [5, 5.41) is 26.6. The Balaban J connectivity index is 1.66. The number of carbonyl (C=O) groups is 1. The van der Waals surface area contributed by atoms with Gasteiger partial charge in [-0.15, -0.1) is 10.2 Å². The summed E-state index contributed by atoms with van der Waals surface area (Å²) >= 11 is 2.31. The van der Waals surface area contributed by atoms with Crippen LogP contribution in [0.2, 0.25) is 0 Å². The first kappa shape index (κ1) is 18.8. The molecule has 4 rings (SSSR count). The van der Waals surface area contributed by atoms with Gasteiger partial charge in [0, 0.05) is 17.1 Å². The highest BCUT2D eigenvalue weighted by Crippen LogP contribution is 2.36. The van der Waals surface area contributed by atoms with Crippen molar-refractivity contribution in [3.8, 4) is 16.6 Å². The lowest BCUT2D eigenvalue weighted by molar-refractivity contribution is 0.0695. The number of carboxylic acid groups (broad SMARTS) is 1. The molecule has 7 nitrogen and oxygen atoms in total. The van der Waals surface area contributed by atoms with Gasteiger partial charge in [-0.2, -0.15) is 5.26 Å². The SMILES string of the molecule is N#Cc1ccc(-c2nnc(Sc3cc4[nH]cc(C(=O)O)c(=O)c4cc3F)s2)cc1. The first-order chi connectivity index (χ1) is 14.0. The van der Waals surface area contributed by atoms with Crippen molar-refractivity contribution in [3.05, 3.63) is 69.8 Å². The fourth-order valence-electron chi connectivity index (χ4n) is 2.61. The van der Waals surface area contributed by atoms with Crippen molar-refractivity contribution in [2.45, 2.75) is 9.24 Å². The van der Waals surface area contributed by atoms with Crippen LogP contribution in [0.4, 0.5) is 4.39 Å². The van der Waals surface area contributed by atoms with E-state index in [0.717, 1.165) is 29.6 Å². The normalized spacial score (nSPS) is 10.8. The molecule has 0 aliphatic rings. The summed E-state index contributed by atoms with van der Waals surface area (Å²) in [6.07, 6.45) is 1.09. The number of benzene rings is 2. The molecule has 0 fully saturated rings. The number of nitrogens with zero attached hydrogens (tertiary/aromatic N) is 3. The molecular weight excluding hydrogens is 415 g/mol. The van der Waals surface area contributed by atoms with Crippen molar-refractivity contribution in [1.29, 1.82) is 5.26 Å². The summed E-state index contributed by atoms with van der Waals surface area (Å²) in [7, 11) is 0. The number of aromatic carboxylic acids is 1. The fraction of sp³-hybridized carbons (Fsp3) is 0. The van der Waals surface area contributed by atoms with E-state index in [2.05, 4.69) is 15.2 Å². The number of H-pyrrole nitrogens is 1. The largest absolute Gasteiger partial charge is 0.477 e. The van der Waals surface area contributed by atoms with Gasteiger partial charge in [0.05, 0.1) is 22.0 Å². The summed E-state index contributed by atoms with van der Waals surface area (Å²) in [4.78, 5) is 26.2. The Bertz CT molecular complexity index is 1360. The average molecular weight is 424 g/mol. The van der Waals surface area contributed by atoms with Gasteiger partial charge in [-0.05, 0) is 24.3 Å². The van der Waals surface area contributed by atoms with Crippen LogP contribution >= 0.6 is 23.1 Å². The maximum atomic E-state index is 14.5. The molecule has 2 N–H and O–H groups in total. The smallest absolute Gasteiger partial charge is 0.341 e. The molecular formula is C19H9FN4O3S2. The van der Waals surface area contributed by atoms with Crippen LogP contribution in [-0.4, -0.2) is 26.3 Å². The fourth-order valence-corrected chi connectivity index (χ4v) is 4.47. The molecule has 0 aliphatic heterocycles. The zero-order valence-corrected chi connectivity index (χ0v) is 16.0. The first-order valence-electron chi connectivity index (χ1n) is 8.06. The second-order valence-corrected chi connectivity index (χ2v) is 8.10. The molecule has 0 aliphatic carbocycles. The summed E-state index contributed by atoms with van der Waals surface area (Å²) in [5.74, 6) is -2.04. The van der Waals surface area contributed by atoms with E-state index in [1.807, 2.05) is 6.07 Å². The van der Waals surface area contributed by atoms with Gasteiger partial charge in [-0.1, -0.05) is 35.2 Å². The zero-order valence-electron chi connectivity index (χ0n) is 14.3. The van der Waals surface area contributed by atoms with Crippen molar-refractivity contribution in [2.75, 3.05) is 0 Å². The van der Waals surface area contributed by atoms with Crippen LogP contribution in [0.1, 0.15) is 15.9 Å². The van der Waals surface area contributed by atoms with Gasteiger partial charge in [-0.25, -0.2) is 9.18 Å². The standard InChI is InChI=1S/C19H9FN4O3S2/c20-13-5-11-14(22-8-12(16(11)25)18(26)27)6-15(13)28-19-24-23-17(29-19)10-3-1-9(7-21)2-4-10/h1-6,8H,(H,22,25)(H,26,27). The van der Waals surface area contributed by atoms with Gasteiger partial charge >= 0.3 is 5.97 Å². The molecule has 0 bridgehead atoms. The quantitative estimate of drug-likeness (QED) is 0.510. The number of nitriles is 1. The molecule has 142 valence electrons. The molecule has 4 aromatic rings. The average Bonchev–Trinajstić information content (AvgIpc) is 3.18. The van der Waals surface area contributed by atoms with Gasteiger partial charge in [0.25, 0.3) is 0 Å². The molecule has 2 heterocycles. The number of nitrogens with one attached hydrogen (secondary N) is 1.